The van der Waals surface area contributed by atoms with Crippen molar-refractivity contribution in [3.05, 3.63) is 0 Å². The molecular formula is C16H27NO3. The first-order valence-electron chi connectivity index (χ1n) is 8.28. The van der Waals surface area contributed by atoms with E-state index in [0.29, 0.717) is 23.8 Å². The predicted octanol–water partition coefficient (Wildman–Crippen LogP) is 2.22. The summed E-state index contributed by atoms with van der Waals surface area (Å²) in [7, 11) is 0. The van der Waals surface area contributed by atoms with E-state index in [1.807, 2.05) is 0 Å². The minimum atomic E-state index is 0.350. The smallest absolute Gasteiger partial charge is 0.222 e. The Morgan fingerprint density at radius 2 is 1.90 bits per heavy atom. The summed E-state index contributed by atoms with van der Waals surface area (Å²) in [6, 6.07) is 0. The van der Waals surface area contributed by atoms with Crippen LogP contribution in [0, 0.1) is 11.8 Å². The van der Waals surface area contributed by atoms with Crippen molar-refractivity contribution in [2.45, 2.75) is 51.0 Å². The Bertz CT molecular complexity index is 316. The van der Waals surface area contributed by atoms with Gasteiger partial charge in [-0.15, -0.1) is 0 Å². The molecule has 3 fully saturated rings. The highest BCUT2D eigenvalue weighted by molar-refractivity contribution is 5.76. The van der Waals surface area contributed by atoms with Crippen molar-refractivity contribution >= 4 is 5.91 Å². The maximum absolute atomic E-state index is 12.1. The van der Waals surface area contributed by atoms with Crippen molar-refractivity contribution < 1.29 is 14.3 Å². The summed E-state index contributed by atoms with van der Waals surface area (Å²) in [5, 5.41) is 0. The van der Waals surface area contributed by atoms with Crippen LogP contribution in [0.5, 0.6) is 0 Å². The highest BCUT2D eigenvalue weighted by Crippen LogP contribution is 2.30. The first-order valence-corrected chi connectivity index (χ1v) is 8.28. The van der Waals surface area contributed by atoms with E-state index in [9.17, 15) is 4.79 Å². The molecule has 0 spiro atoms. The molecule has 0 radical (unpaired) electrons. The summed E-state index contributed by atoms with van der Waals surface area (Å²) in [6.07, 6.45) is 8.11. The summed E-state index contributed by atoms with van der Waals surface area (Å²) >= 11 is 0. The first-order chi connectivity index (χ1) is 9.81. The molecule has 114 valence electrons. The molecule has 1 atom stereocenters. The molecule has 3 aliphatic rings. The second-order valence-electron chi connectivity index (χ2n) is 6.64. The Hall–Kier alpha value is -0.610. The average Bonchev–Trinajstić information content (AvgIpc) is 2.94. The monoisotopic (exact) mass is 281 g/mol. The number of rotatable bonds is 5. The molecule has 0 unspecified atom stereocenters. The number of carbonyl (C=O) groups excluding carboxylic acids is 1. The van der Waals surface area contributed by atoms with Crippen molar-refractivity contribution in [1.82, 2.24) is 4.90 Å². The van der Waals surface area contributed by atoms with Crippen LogP contribution in [-0.2, 0) is 14.3 Å². The van der Waals surface area contributed by atoms with Crippen LogP contribution in [0.4, 0.5) is 0 Å². The molecular weight excluding hydrogens is 254 g/mol. The van der Waals surface area contributed by atoms with E-state index in [2.05, 4.69) is 4.90 Å². The van der Waals surface area contributed by atoms with Crippen LogP contribution in [-0.4, -0.2) is 49.8 Å². The summed E-state index contributed by atoms with van der Waals surface area (Å²) in [6.45, 7) is 4.36. The fourth-order valence-electron chi connectivity index (χ4n) is 3.33. The Kier molecular flexibility index (Phi) is 4.94. The van der Waals surface area contributed by atoms with E-state index in [4.69, 9.17) is 9.47 Å². The molecule has 20 heavy (non-hydrogen) atoms. The minimum Gasteiger partial charge on any atom is -0.381 e. The van der Waals surface area contributed by atoms with Gasteiger partial charge < -0.3 is 14.4 Å². The molecule has 0 aromatic rings. The van der Waals surface area contributed by atoms with Crippen LogP contribution in [0.1, 0.15) is 44.9 Å². The van der Waals surface area contributed by atoms with E-state index in [1.54, 1.807) is 0 Å². The van der Waals surface area contributed by atoms with Gasteiger partial charge in [-0.25, -0.2) is 0 Å². The van der Waals surface area contributed by atoms with Crippen LogP contribution in [0.25, 0.3) is 0 Å². The van der Waals surface area contributed by atoms with Gasteiger partial charge in [0.1, 0.15) is 0 Å². The molecule has 4 nitrogen and oxygen atoms in total. The Balaban J connectivity index is 1.32. The molecule has 1 amide bonds. The predicted molar refractivity (Wildman–Crippen MR) is 76.4 cm³/mol. The lowest BCUT2D eigenvalue weighted by Gasteiger charge is -2.34. The third-order valence-electron chi connectivity index (χ3n) is 5.07. The van der Waals surface area contributed by atoms with E-state index in [-0.39, 0.29) is 0 Å². The number of amides is 1. The second kappa shape index (κ2) is 6.90. The molecule has 2 saturated heterocycles. The van der Waals surface area contributed by atoms with Gasteiger partial charge in [-0.1, -0.05) is 6.42 Å². The normalized spacial score (nSPS) is 28.6. The Morgan fingerprint density at radius 3 is 2.50 bits per heavy atom. The summed E-state index contributed by atoms with van der Waals surface area (Å²) < 4.78 is 11.4. The molecule has 3 rings (SSSR count). The van der Waals surface area contributed by atoms with Crippen molar-refractivity contribution in [2.75, 3.05) is 32.9 Å². The maximum atomic E-state index is 12.1. The zero-order valence-electron chi connectivity index (χ0n) is 12.4. The molecule has 2 aliphatic heterocycles. The summed E-state index contributed by atoms with van der Waals surface area (Å²) in [4.78, 5) is 14.2. The highest BCUT2D eigenvalue weighted by Gasteiger charge is 2.27. The Labute approximate surface area is 121 Å². The van der Waals surface area contributed by atoms with Gasteiger partial charge in [0.2, 0.25) is 5.91 Å². The summed E-state index contributed by atoms with van der Waals surface area (Å²) in [5.41, 5.74) is 0. The summed E-state index contributed by atoms with van der Waals surface area (Å²) in [5.74, 6) is 1.64. The number of likely N-dealkylation sites (tertiary alicyclic amines) is 1. The lowest BCUT2D eigenvalue weighted by atomic mass is 9.82. The average molecular weight is 281 g/mol. The second-order valence-corrected chi connectivity index (χ2v) is 6.64. The number of hydrogen-bond donors (Lipinski definition) is 0. The topological polar surface area (TPSA) is 38.8 Å². The van der Waals surface area contributed by atoms with Crippen LogP contribution in [0.2, 0.25) is 0 Å². The largest absolute Gasteiger partial charge is 0.381 e. The SMILES string of the molecule is O=C(CC1CCC1)N1CCC(OC[C@@H]2CCOC2)CC1. The molecule has 1 saturated carbocycles. The third kappa shape index (κ3) is 3.73. The van der Waals surface area contributed by atoms with Gasteiger partial charge in [0, 0.05) is 32.0 Å². The molecule has 1 aliphatic carbocycles. The Morgan fingerprint density at radius 1 is 1.10 bits per heavy atom. The molecule has 0 aromatic heterocycles. The van der Waals surface area contributed by atoms with Gasteiger partial charge in [0.25, 0.3) is 0 Å². The fraction of sp³-hybridized carbons (Fsp3) is 0.938. The van der Waals surface area contributed by atoms with Gasteiger partial charge in [-0.05, 0) is 38.0 Å². The van der Waals surface area contributed by atoms with Crippen LogP contribution in [0.15, 0.2) is 0 Å². The highest BCUT2D eigenvalue weighted by atomic mass is 16.5. The lowest BCUT2D eigenvalue weighted by molar-refractivity contribution is -0.135. The molecule has 0 aromatic carbocycles. The van der Waals surface area contributed by atoms with Crippen LogP contribution >= 0.6 is 0 Å². The van der Waals surface area contributed by atoms with E-state index in [0.717, 1.165) is 58.6 Å². The van der Waals surface area contributed by atoms with Gasteiger partial charge in [0.15, 0.2) is 0 Å². The zero-order valence-corrected chi connectivity index (χ0v) is 12.4. The van der Waals surface area contributed by atoms with Crippen LogP contribution in [0.3, 0.4) is 0 Å². The molecule has 0 bridgehead atoms. The van der Waals surface area contributed by atoms with Crippen molar-refractivity contribution in [1.29, 1.82) is 0 Å². The quantitative estimate of drug-likeness (QED) is 0.775. The van der Waals surface area contributed by atoms with E-state index < -0.39 is 0 Å². The maximum Gasteiger partial charge on any atom is 0.222 e. The number of carbonyl (C=O) groups is 1. The molecule has 4 heteroatoms. The van der Waals surface area contributed by atoms with Gasteiger partial charge in [-0.2, -0.15) is 0 Å². The lowest BCUT2D eigenvalue weighted by Crippen LogP contribution is -2.42. The number of hydrogen-bond acceptors (Lipinski definition) is 3. The first kappa shape index (κ1) is 14.3. The van der Waals surface area contributed by atoms with Crippen molar-refractivity contribution in [2.24, 2.45) is 11.8 Å². The zero-order chi connectivity index (χ0) is 13.8. The number of piperidine rings is 1. The minimum absolute atomic E-state index is 0.350. The third-order valence-corrected chi connectivity index (χ3v) is 5.07. The molecule has 2 heterocycles. The standard InChI is InChI=1S/C16H27NO3/c18-16(10-13-2-1-3-13)17-7-4-15(5-8-17)20-12-14-6-9-19-11-14/h13-15H,1-12H2/t14-/m1/s1. The van der Waals surface area contributed by atoms with Crippen LogP contribution < -0.4 is 0 Å². The van der Waals surface area contributed by atoms with Gasteiger partial charge >= 0.3 is 0 Å². The van der Waals surface area contributed by atoms with Crippen molar-refractivity contribution in [3.63, 3.8) is 0 Å². The number of ether oxygens (including phenoxy) is 2. The number of nitrogens with zero attached hydrogens (tertiary/aromatic N) is 1. The van der Waals surface area contributed by atoms with Crippen molar-refractivity contribution in [3.8, 4) is 0 Å². The van der Waals surface area contributed by atoms with Gasteiger partial charge in [-0.3, -0.25) is 4.79 Å². The van der Waals surface area contributed by atoms with E-state index >= 15 is 0 Å². The van der Waals surface area contributed by atoms with Gasteiger partial charge in [0.05, 0.1) is 19.3 Å². The fourth-order valence-corrected chi connectivity index (χ4v) is 3.33. The molecule has 0 N–H and O–H groups in total. The van der Waals surface area contributed by atoms with E-state index in [1.165, 1.54) is 19.3 Å².